The first-order valence-electron chi connectivity index (χ1n) is 8.03. The minimum atomic E-state index is -4.32. The molecule has 1 heterocycles. The van der Waals surface area contributed by atoms with Crippen LogP contribution in [0.15, 0.2) is 54.6 Å². The van der Waals surface area contributed by atoms with Crippen molar-refractivity contribution in [3.05, 3.63) is 71.3 Å². The maximum atomic E-state index is 12.7. The molecule has 1 saturated heterocycles. The van der Waals surface area contributed by atoms with Gasteiger partial charge in [-0.1, -0.05) is 42.5 Å². The summed E-state index contributed by atoms with van der Waals surface area (Å²) in [5.74, 6) is 0.714. The second-order valence-corrected chi connectivity index (χ2v) is 6.15. The molecule has 0 aromatic heterocycles. The van der Waals surface area contributed by atoms with E-state index in [0.29, 0.717) is 24.0 Å². The van der Waals surface area contributed by atoms with Crippen molar-refractivity contribution in [1.82, 2.24) is 5.32 Å². The van der Waals surface area contributed by atoms with Crippen LogP contribution in [0.1, 0.15) is 22.6 Å². The van der Waals surface area contributed by atoms with Crippen LogP contribution < -0.4 is 5.32 Å². The Morgan fingerprint density at radius 3 is 2.54 bits per heavy atom. The third-order valence-electron chi connectivity index (χ3n) is 4.42. The first kappa shape index (κ1) is 17.0. The Morgan fingerprint density at radius 1 is 1.00 bits per heavy atom. The standard InChI is InChI=1S/C19H20F3NO/c20-19(21,22)17-8-4-5-14(9-17)12-24-13-16-10-23-11-18(16)15-6-2-1-3-7-15/h1-9,16,18,23H,10-13H2/t16-,18-/m1/s1. The smallest absolute Gasteiger partial charge is 0.376 e. The number of nitrogens with one attached hydrogen (secondary N) is 1. The third kappa shape index (κ3) is 4.16. The Morgan fingerprint density at radius 2 is 1.79 bits per heavy atom. The van der Waals surface area contributed by atoms with Crippen molar-refractivity contribution in [2.45, 2.75) is 18.7 Å². The quantitative estimate of drug-likeness (QED) is 0.883. The lowest BCUT2D eigenvalue weighted by Gasteiger charge is -2.19. The molecule has 0 bridgehead atoms. The van der Waals surface area contributed by atoms with Gasteiger partial charge < -0.3 is 10.1 Å². The first-order valence-corrected chi connectivity index (χ1v) is 8.03. The number of hydrogen-bond donors (Lipinski definition) is 1. The van der Waals surface area contributed by atoms with E-state index in [4.69, 9.17) is 4.74 Å². The highest BCUT2D eigenvalue weighted by molar-refractivity contribution is 5.25. The van der Waals surface area contributed by atoms with Crippen molar-refractivity contribution in [2.75, 3.05) is 19.7 Å². The van der Waals surface area contributed by atoms with Crippen LogP contribution in [0, 0.1) is 5.92 Å². The van der Waals surface area contributed by atoms with Gasteiger partial charge in [0.25, 0.3) is 0 Å². The van der Waals surface area contributed by atoms with Gasteiger partial charge in [0, 0.05) is 24.9 Å². The van der Waals surface area contributed by atoms with Crippen LogP contribution in [0.3, 0.4) is 0 Å². The second-order valence-electron chi connectivity index (χ2n) is 6.15. The Labute approximate surface area is 139 Å². The molecule has 0 amide bonds. The average Bonchev–Trinajstić information content (AvgIpc) is 3.04. The number of hydrogen-bond acceptors (Lipinski definition) is 2. The minimum Gasteiger partial charge on any atom is -0.376 e. The largest absolute Gasteiger partial charge is 0.416 e. The highest BCUT2D eigenvalue weighted by Crippen LogP contribution is 2.30. The average molecular weight is 335 g/mol. The summed E-state index contributed by atoms with van der Waals surface area (Å²) in [5, 5.41) is 3.37. The molecule has 2 aromatic carbocycles. The van der Waals surface area contributed by atoms with Crippen molar-refractivity contribution in [2.24, 2.45) is 5.92 Å². The van der Waals surface area contributed by atoms with Crippen molar-refractivity contribution in [3.8, 4) is 0 Å². The molecule has 2 atom stereocenters. The molecule has 1 aliphatic rings. The van der Waals surface area contributed by atoms with Gasteiger partial charge in [0.15, 0.2) is 0 Å². The van der Waals surface area contributed by atoms with Gasteiger partial charge in [-0.15, -0.1) is 0 Å². The molecule has 1 fully saturated rings. The van der Waals surface area contributed by atoms with Gasteiger partial charge in [0.05, 0.1) is 18.8 Å². The highest BCUT2D eigenvalue weighted by atomic mass is 19.4. The minimum absolute atomic E-state index is 0.196. The molecule has 2 aromatic rings. The lowest BCUT2D eigenvalue weighted by atomic mass is 9.89. The van der Waals surface area contributed by atoms with Crippen molar-refractivity contribution >= 4 is 0 Å². The van der Waals surface area contributed by atoms with Crippen LogP contribution in [0.5, 0.6) is 0 Å². The summed E-state index contributed by atoms with van der Waals surface area (Å²) in [6.07, 6.45) is -4.32. The summed E-state index contributed by atoms with van der Waals surface area (Å²) in [5.41, 5.74) is 1.19. The lowest BCUT2D eigenvalue weighted by Crippen LogP contribution is -2.17. The Hall–Kier alpha value is -1.85. The summed E-state index contributed by atoms with van der Waals surface area (Å²) < 4.78 is 43.9. The molecule has 2 nitrogen and oxygen atoms in total. The molecule has 1 aliphatic heterocycles. The van der Waals surface area contributed by atoms with Gasteiger partial charge in [-0.2, -0.15) is 13.2 Å². The molecule has 3 rings (SSSR count). The molecule has 5 heteroatoms. The zero-order chi connectivity index (χ0) is 17.0. The van der Waals surface area contributed by atoms with E-state index in [-0.39, 0.29) is 6.61 Å². The number of rotatable bonds is 5. The third-order valence-corrected chi connectivity index (χ3v) is 4.42. The van der Waals surface area contributed by atoms with E-state index >= 15 is 0 Å². The maximum absolute atomic E-state index is 12.7. The number of alkyl halides is 3. The number of ether oxygens (including phenoxy) is 1. The van der Waals surface area contributed by atoms with Gasteiger partial charge in [-0.25, -0.2) is 0 Å². The first-order chi connectivity index (χ1) is 11.5. The molecule has 0 spiro atoms. The van der Waals surface area contributed by atoms with Gasteiger partial charge in [0.2, 0.25) is 0 Å². The van der Waals surface area contributed by atoms with Gasteiger partial charge in [-0.3, -0.25) is 0 Å². The lowest BCUT2D eigenvalue weighted by molar-refractivity contribution is -0.137. The van der Waals surface area contributed by atoms with Gasteiger partial charge in [0.1, 0.15) is 0 Å². The zero-order valence-corrected chi connectivity index (χ0v) is 13.2. The molecule has 0 radical (unpaired) electrons. The molecular formula is C19H20F3NO. The zero-order valence-electron chi connectivity index (χ0n) is 13.2. The monoisotopic (exact) mass is 335 g/mol. The van der Waals surface area contributed by atoms with Crippen LogP contribution in [-0.2, 0) is 17.5 Å². The van der Waals surface area contributed by atoms with E-state index in [1.54, 1.807) is 6.07 Å². The molecule has 0 unspecified atom stereocenters. The van der Waals surface area contributed by atoms with Gasteiger partial charge in [-0.05, 0) is 23.3 Å². The molecular weight excluding hydrogens is 315 g/mol. The van der Waals surface area contributed by atoms with Crippen molar-refractivity contribution in [3.63, 3.8) is 0 Å². The van der Waals surface area contributed by atoms with E-state index in [1.807, 2.05) is 18.2 Å². The van der Waals surface area contributed by atoms with Crippen LogP contribution in [0.4, 0.5) is 13.2 Å². The molecule has 0 saturated carbocycles. The van der Waals surface area contributed by atoms with Crippen molar-refractivity contribution < 1.29 is 17.9 Å². The van der Waals surface area contributed by atoms with E-state index in [0.717, 1.165) is 25.2 Å². The predicted octanol–water partition coefficient (Wildman–Crippen LogP) is 4.23. The van der Waals surface area contributed by atoms with Crippen LogP contribution in [-0.4, -0.2) is 19.7 Å². The summed E-state index contributed by atoms with van der Waals surface area (Å²) in [6.45, 7) is 2.49. The molecule has 128 valence electrons. The predicted molar refractivity (Wildman–Crippen MR) is 86.6 cm³/mol. The maximum Gasteiger partial charge on any atom is 0.416 e. The normalized spacial score (nSPS) is 21.1. The SMILES string of the molecule is FC(F)(F)c1cccc(COC[C@H]2CNC[C@@H]2c2ccccc2)c1. The van der Waals surface area contributed by atoms with Crippen LogP contribution in [0.2, 0.25) is 0 Å². The summed E-state index contributed by atoms with van der Waals surface area (Å²) in [4.78, 5) is 0. The van der Waals surface area contributed by atoms with Crippen molar-refractivity contribution in [1.29, 1.82) is 0 Å². The number of benzene rings is 2. The topological polar surface area (TPSA) is 21.3 Å². The summed E-state index contributed by atoms with van der Waals surface area (Å²) >= 11 is 0. The van der Waals surface area contributed by atoms with E-state index < -0.39 is 11.7 Å². The fourth-order valence-corrected chi connectivity index (χ4v) is 3.16. The Balaban J connectivity index is 1.56. The van der Waals surface area contributed by atoms with E-state index in [1.165, 1.54) is 11.6 Å². The second kappa shape index (κ2) is 7.36. The molecule has 1 N–H and O–H groups in total. The summed E-state index contributed by atoms with van der Waals surface area (Å²) in [7, 11) is 0. The Kier molecular flexibility index (Phi) is 5.21. The fourth-order valence-electron chi connectivity index (χ4n) is 3.16. The van der Waals surface area contributed by atoms with E-state index in [9.17, 15) is 13.2 Å². The number of halogens is 3. The molecule has 0 aliphatic carbocycles. The van der Waals surface area contributed by atoms with Crippen LogP contribution >= 0.6 is 0 Å². The van der Waals surface area contributed by atoms with Crippen LogP contribution in [0.25, 0.3) is 0 Å². The fraction of sp³-hybridized carbons (Fsp3) is 0.368. The highest BCUT2D eigenvalue weighted by Gasteiger charge is 2.31. The summed E-state index contributed by atoms with van der Waals surface area (Å²) in [6, 6.07) is 15.6. The van der Waals surface area contributed by atoms with E-state index in [2.05, 4.69) is 17.4 Å². The van der Waals surface area contributed by atoms with Gasteiger partial charge >= 0.3 is 6.18 Å². The Bertz CT molecular complexity index is 657. The molecule has 24 heavy (non-hydrogen) atoms.